The van der Waals surface area contributed by atoms with Gasteiger partial charge in [0.25, 0.3) is 0 Å². The van der Waals surface area contributed by atoms with Crippen LogP contribution >= 0.6 is 0 Å². The summed E-state index contributed by atoms with van der Waals surface area (Å²) in [6.45, 7) is 4.12. The molecule has 22 heavy (non-hydrogen) atoms. The van der Waals surface area contributed by atoms with Crippen molar-refractivity contribution in [3.05, 3.63) is 29.8 Å². The van der Waals surface area contributed by atoms with Crippen LogP contribution in [0.3, 0.4) is 0 Å². The molecule has 3 N–H and O–H groups in total. The summed E-state index contributed by atoms with van der Waals surface area (Å²) in [6.07, 6.45) is 0.226. The number of rotatable bonds is 6. The summed E-state index contributed by atoms with van der Waals surface area (Å²) in [7, 11) is 0. The fraction of sp³-hybridized carbons (Fsp3) is 0.400. The predicted octanol–water partition coefficient (Wildman–Crippen LogP) is 2.13. The van der Waals surface area contributed by atoms with Gasteiger partial charge in [-0.1, -0.05) is 24.6 Å². The molecule has 1 rings (SSSR count). The maximum absolute atomic E-state index is 11.9. The van der Waals surface area contributed by atoms with Crippen LogP contribution in [0.15, 0.2) is 24.3 Å². The first-order chi connectivity index (χ1) is 10.4. The molecule has 7 heteroatoms. The first kappa shape index (κ1) is 17.5. The molecule has 1 aromatic rings. The number of carboxylic acid groups (broad SMARTS) is 1. The molecule has 0 aromatic heterocycles. The smallest absolute Gasteiger partial charge is 0.338 e. The van der Waals surface area contributed by atoms with Crippen molar-refractivity contribution < 1.29 is 19.5 Å². The number of nitrogens with one attached hydrogen (secondary N) is 2. The Kier molecular flexibility index (Phi) is 6.88. The highest BCUT2D eigenvalue weighted by Gasteiger charge is 2.16. The van der Waals surface area contributed by atoms with Crippen LogP contribution in [-0.2, 0) is 9.59 Å². The lowest BCUT2D eigenvalue weighted by Gasteiger charge is -2.22. The minimum Gasteiger partial charge on any atom is -0.481 e. The Bertz CT molecular complexity index is 528. The standard InChI is InChI=1S/C15H21N3O4/c1-3-10-18(13(19)8-9-14(20)21)17-15(22)16-12-6-4-11(2)5-7-12/h4-7H,3,8-10H2,1-2H3,(H,20,21)(H2,16,17,22). The van der Waals surface area contributed by atoms with Gasteiger partial charge in [0.1, 0.15) is 0 Å². The Morgan fingerprint density at radius 1 is 1.14 bits per heavy atom. The quantitative estimate of drug-likeness (QED) is 0.701. The lowest BCUT2D eigenvalue weighted by molar-refractivity contribution is -0.141. The minimum absolute atomic E-state index is 0.153. The zero-order valence-corrected chi connectivity index (χ0v) is 12.8. The largest absolute Gasteiger partial charge is 0.481 e. The van der Waals surface area contributed by atoms with E-state index in [2.05, 4.69) is 10.7 Å². The van der Waals surface area contributed by atoms with Gasteiger partial charge < -0.3 is 10.4 Å². The van der Waals surface area contributed by atoms with Gasteiger partial charge >= 0.3 is 12.0 Å². The maximum Gasteiger partial charge on any atom is 0.338 e. The van der Waals surface area contributed by atoms with Crippen LogP contribution in [0.1, 0.15) is 31.7 Å². The van der Waals surface area contributed by atoms with Crippen molar-refractivity contribution in [1.29, 1.82) is 0 Å². The molecule has 0 atom stereocenters. The van der Waals surface area contributed by atoms with E-state index in [0.717, 1.165) is 10.6 Å². The number of carbonyl (C=O) groups is 3. The molecule has 3 amide bonds. The average Bonchev–Trinajstić information content (AvgIpc) is 2.46. The number of amides is 3. The van der Waals surface area contributed by atoms with Crippen molar-refractivity contribution in [2.45, 2.75) is 33.1 Å². The van der Waals surface area contributed by atoms with E-state index < -0.39 is 17.9 Å². The highest BCUT2D eigenvalue weighted by molar-refractivity contribution is 5.91. The third-order valence-corrected chi connectivity index (χ3v) is 2.85. The van der Waals surface area contributed by atoms with E-state index in [1.807, 2.05) is 26.0 Å². The molecule has 0 aliphatic carbocycles. The van der Waals surface area contributed by atoms with Crippen LogP contribution in [0.5, 0.6) is 0 Å². The zero-order valence-electron chi connectivity index (χ0n) is 12.8. The van der Waals surface area contributed by atoms with Crippen molar-refractivity contribution in [3.8, 4) is 0 Å². The molecule has 120 valence electrons. The molecule has 1 aromatic carbocycles. The lowest BCUT2D eigenvalue weighted by Crippen LogP contribution is -2.48. The first-order valence-electron chi connectivity index (χ1n) is 7.09. The second kappa shape index (κ2) is 8.66. The monoisotopic (exact) mass is 307 g/mol. The minimum atomic E-state index is -1.05. The van der Waals surface area contributed by atoms with Crippen LogP contribution in [0.25, 0.3) is 0 Å². The Balaban J connectivity index is 2.57. The maximum atomic E-state index is 11.9. The van der Waals surface area contributed by atoms with Crippen LogP contribution in [-0.4, -0.2) is 34.6 Å². The number of carboxylic acids is 1. The summed E-state index contributed by atoms with van der Waals surface area (Å²) in [5.74, 6) is -1.47. The fourth-order valence-corrected chi connectivity index (χ4v) is 1.73. The Morgan fingerprint density at radius 3 is 2.32 bits per heavy atom. The molecule has 0 radical (unpaired) electrons. The first-order valence-corrected chi connectivity index (χ1v) is 7.09. The fourth-order valence-electron chi connectivity index (χ4n) is 1.73. The van der Waals surface area contributed by atoms with Gasteiger partial charge in [-0.3, -0.25) is 14.6 Å². The van der Waals surface area contributed by atoms with Crippen molar-refractivity contribution in [3.63, 3.8) is 0 Å². The van der Waals surface area contributed by atoms with Gasteiger partial charge in [0.15, 0.2) is 0 Å². The van der Waals surface area contributed by atoms with Gasteiger partial charge in [-0.2, -0.15) is 0 Å². The van der Waals surface area contributed by atoms with Gasteiger partial charge in [0.2, 0.25) is 5.91 Å². The number of hydrogen-bond donors (Lipinski definition) is 3. The number of carbonyl (C=O) groups excluding carboxylic acids is 2. The predicted molar refractivity (Wildman–Crippen MR) is 82.2 cm³/mol. The van der Waals surface area contributed by atoms with E-state index in [1.165, 1.54) is 0 Å². The summed E-state index contributed by atoms with van der Waals surface area (Å²) in [5.41, 5.74) is 4.13. The molecule has 0 heterocycles. The molecule has 0 bridgehead atoms. The summed E-state index contributed by atoms with van der Waals surface area (Å²) in [4.78, 5) is 34.3. The SMILES string of the molecule is CCCN(NC(=O)Nc1ccc(C)cc1)C(=O)CCC(=O)O. The summed E-state index contributed by atoms with van der Waals surface area (Å²) >= 11 is 0. The highest BCUT2D eigenvalue weighted by Crippen LogP contribution is 2.08. The number of hydrogen-bond acceptors (Lipinski definition) is 3. The normalized spacial score (nSPS) is 9.91. The van der Waals surface area contributed by atoms with E-state index in [-0.39, 0.29) is 12.8 Å². The molecular weight excluding hydrogens is 286 g/mol. The van der Waals surface area contributed by atoms with Crippen molar-refractivity contribution in [2.75, 3.05) is 11.9 Å². The van der Waals surface area contributed by atoms with E-state index in [9.17, 15) is 14.4 Å². The van der Waals surface area contributed by atoms with Crippen LogP contribution in [0, 0.1) is 6.92 Å². The van der Waals surface area contributed by atoms with E-state index in [4.69, 9.17) is 5.11 Å². The number of aryl methyl sites for hydroxylation is 1. The average molecular weight is 307 g/mol. The summed E-state index contributed by atoms with van der Waals surface area (Å²) in [5, 5.41) is 12.4. The highest BCUT2D eigenvalue weighted by atomic mass is 16.4. The molecule has 0 unspecified atom stereocenters. The number of nitrogens with zero attached hydrogens (tertiary/aromatic N) is 1. The van der Waals surface area contributed by atoms with Gasteiger partial charge in [-0.15, -0.1) is 0 Å². The second-order valence-electron chi connectivity index (χ2n) is 4.87. The summed E-state index contributed by atoms with van der Waals surface area (Å²) < 4.78 is 0. The van der Waals surface area contributed by atoms with Crippen molar-refractivity contribution >= 4 is 23.6 Å². The number of benzene rings is 1. The van der Waals surface area contributed by atoms with Crippen LogP contribution in [0.2, 0.25) is 0 Å². The van der Waals surface area contributed by atoms with Crippen molar-refractivity contribution in [2.24, 2.45) is 0 Å². The number of aliphatic carboxylic acids is 1. The molecule has 0 aliphatic rings. The molecular formula is C15H21N3O4. The molecule has 0 aliphatic heterocycles. The van der Waals surface area contributed by atoms with Crippen molar-refractivity contribution in [1.82, 2.24) is 10.4 Å². The van der Waals surface area contributed by atoms with Crippen LogP contribution in [0.4, 0.5) is 10.5 Å². The second-order valence-corrected chi connectivity index (χ2v) is 4.87. The van der Waals surface area contributed by atoms with Gasteiger partial charge in [0, 0.05) is 18.7 Å². The van der Waals surface area contributed by atoms with Gasteiger partial charge in [0.05, 0.1) is 6.42 Å². The zero-order chi connectivity index (χ0) is 16.5. The molecule has 0 saturated heterocycles. The summed E-state index contributed by atoms with van der Waals surface area (Å²) in [6, 6.07) is 6.69. The Labute approximate surface area is 129 Å². The molecule has 7 nitrogen and oxygen atoms in total. The number of anilines is 1. The van der Waals surface area contributed by atoms with Gasteiger partial charge in [-0.05, 0) is 25.5 Å². The van der Waals surface area contributed by atoms with Crippen LogP contribution < -0.4 is 10.7 Å². The number of urea groups is 1. The molecule has 0 spiro atoms. The Hall–Kier alpha value is -2.57. The lowest BCUT2D eigenvalue weighted by atomic mass is 10.2. The molecule has 0 fully saturated rings. The topological polar surface area (TPSA) is 98.7 Å². The molecule has 0 saturated carbocycles. The van der Waals surface area contributed by atoms with E-state index in [0.29, 0.717) is 18.7 Å². The third kappa shape index (κ3) is 6.25. The van der Waals surface area contributed by atoms with Gasteiger partial charge in [-0.25, -0.2) is 10.2 Å². The Morgan fingerprint density at radius 2 is 1.77 bits per heavy atom. The van der Waals surface area contributed by atoms with E-state index in [1.54, 1.807) is 12.1 Å². The third-order valence-electron chi connectivity index (χ3n) is 2.85. The van der Waals surface area contributed by atoms with E-state index >= 15 is 0 Å². The number of hydrazine groups is 1.